The Morgan fingerprint density at radius 3 is 3.07 bits per heavy atom. The van der Waals surface area contributed by atoms with Gasteiger partial charge in [-0.05, 0) is 13.0 Å². The van der Waals surface area contributed by atoms with E-state index in [1.807, 2.05) is 19.1 Å². The molecule has 0 saturated heterocycles. The van der Waals surface area contributed by atoms with Crippen LogP contribution in [0.15, 0.2) is 12.1 Å². The lowest BCUT2D eigenvalue weighted by atomic mass is 9.96. The minimum absolute atomic E-state index is 0.0465. The monoisotopic (exact) mass is 188 g/mol. The second-order valence-corrected chi connectivity index (χ2v) is 3.51. The lowest BCUT2D eigenvalue weighted by molar-refractivity contribution is 0.267. The van der Waals surface area contributed by atoms with E-state index in [1.165, 1.54) is 0 Å². The number of ether oxygens (including phenoxy) is 1. The second-order valence-electron chi connectivity index (χ2n) is 3.51. The summed E-state index contributed by atoms with van der Waals surface area (Å²) in [7, 11) is 0. The van der Waals surface area contributed by atoms with Crippen molar-refractivity contribution < 1.29 is 4.74 Å². The summed E-state index contributed by atoms with van der Waals surface area (Å²) >= 11 is 0. The van der Waals surface area contributed by atoms with Gasteiger partial charge in [0.1, 0.15) is 5.75 Å². The van der Waals surface area contributed by atoms with Gasteiger partial charge in [0, 0.05) is 23.6 Å². The molecule has 0 aromatic heterocycles. The maximum atomic E-state index is 8.85. The van der Waals surface area contributed by atoms with E-state index >= 15 is 0 Å². The molecule has 0 amide bonds. The van der Waals surface area contributed by atoms with Crippen molar-refractivity contribution in [1.82, 2.24) is 0 Å². The fraction of sp³-hybridized carbons (Fsp3) is 0.364. The van der Waals surface area contributed by atoms with E-state index in [4.69, 9.17) is 15.7 Å². The molecule has 1 aromatic carbocycles. The summed E-state index contributed by atoms with van der Waals surface area (Å²) in [6.45, 7) is 2.54. The molecule has 2 N–H and O–H groups in total. The Hall–Kier alpha value is -1.53. The third-order valence-electron chi connectivity index (χ3n) is 2.63. The van der Waals surface area contributed by atoms with E-state index in [0.29, 0.717) is 12.2 Å². The largest absolute Gasteiger partial charge is 0.493 e. The van der Waals surface area contributed by atoms with Gasteiger partial charge < -0.3 is 10.5 Å². The van der Waals surface area contributed by atoms with Crippen molar-refractivity contribution in [2.75, 3.05) is 6.61 Å². The van der Waals surface area contributed by atoms with E-state index in [1.54, 1.807) is 0 Å². The predicted molar refractivity (Wildman–Crippen MR) is 52.9 cm³/mol. The van der Waals surface area contributed by atoms with Crippen LogP contribution in [0.4, 0.5) is 0 Å². The van der Waals surface area contributed by atoms with Crippen molar-refractivity contribution >= 4 is 0 Å². The average Bonchev–Trinajstić information content (AvgIpc) is 2.20. The molecule has 1 heterocycles. The summed E-state index contributed by atoms with van der Waals surface area (Å²) in [5.41, 5.74) is 8.53. The standard InChI is InChI=1S/C11H12N2O/c1-7-8(6-12)2-3-9-10(13)4-5-14-11(7)9/h2-3,10H,4-5,13H2,1H3/t10-/m1/s1. The smallest absolute Gasteiger partial charge is 0.128 e. The number of rotatable bonds is 0. The lowest BCUT2D eigenvalue weighted by Gasteiger charge is -2.24. The van der Waals surface area contributed by atoms with Gasteiger partial charge in [-0.1, -0.05) is 6.07 Å². The molecule has 0 unspecified atom stereocenters. The Kier molecular flexibility index (Phi) is 2.14. The van der Waals surface area contributed by atoms with Gasteiger partial charge in [0.25, 0.3) is 0 Å². The van der Waals surface area contributed by atoms with Crippen LogP contribution in [-0.2, 0) is 0 Å². The fourth-order valence-electron chi connectivity index (χ4n) is 1.76. The van der Waals surface area contributed by atoms with Gasteiger partial charge in [-0.25, -0.2) is 0 Å². The van der Waals surface area contributed by atoms with Gasteiger partial charge in [0.05, 0.1) is 18.2 Å². The Balaban J connectivity index is 2.59. The quantitative estimate of drug-likeness (QED) is 0.673. The van der Waals surface area contributed by atoms with Crippen LogP contribution in [0.3, 0.4) is 0 Å². The van der Waals surface area contributed by atoms with E-state index in [0.717, 1.165) is 23.3 Å². The van der Waals surface area contributed by atoms with Crippen LogP contribution in [0, 0.1) is 18.3 Å². The number of hydrogen-bond acceptors (Lipinski definition) is 3. The second kappa shape index (κ2) is 3.32. The number of nitriles is 1. The van der Waals surface area contributed by atoms with Gasteiger partial charge in [-0.3, -0.25) is 0 Å². The van der Waals surface area contributed by atoms with Crippen molar-refractivity contribution in [2.45, 2.75) is 19.4 Å². The number of fused-ring (bicyclic) bond motifs is 1. The van der Waals surface area contributed by atoms with Crippen LogP contribution in [0.2, 0.25) is 0 Å². The van der Waals surface area contributed by atoms with Crippen LogP contribution in [0.25, 0.3) is 0 Å². The molecule has 1 aromatic rings. The van der Waals surface area contributed by atoms with Crippen LogP contribution in [-0.4, -0.2) is 6.61 Å². The van der Waals surface area contributed by atoms with Crippen LogP contribution < -0.4 is 10.5 Å². The molecule has 3 heteroatoms. The van der Waals surface area contributed by atoms with Crippen LogP contribution in [0.1, 0.15) is 29.2 Å². The SMILES string of the molecule is Cc1c(C#N)ccc2c1OCC[C@H]2N. The topological polar surface area (TPSA) is 59.0 Å². The normalized spacial score (nSPS) is 19.4. The van der Waals surface area contributed by atoms with E-state index in [-0.39, 0.29) is 6.04 Å². The predicted octanol–water partition coefficient (Wildman–Crippen LogP) is 1.65. The molecule has 14 heavy (non-hydrogen) atoms. The lowest BCUT2D eigenvalue weighted by Crippen LogP contribution is -2.21. The third kappa shape index (κ3) is 1.24. The van der Waals surface area contributed by atoms with Crippen molar-refractivity contribution in [3.8, 4) is 11.8 Å². The Morgan fingerprint density at radius 2 is 2.36 bits per heavy atom. The van der Waals surface area contributed by atoms with E-state index < -0.39 is 0 Å². The highest BCUT2D eigenvalue weighted by Crippen LogP contribution is 2.34. The summed E-state index contributed by atoms with van der Waals surface area (Å²) < 4.78 is 5.54. The molecule has 1 aliphatic heterocycles. The third-order valence-corrected chi connectivity index (χ3v) is 2.63. The Labute approximate surface area is 83.1 Å². The first-order valence-electron chi connectivity index (χ1n) is 4.66. The molecular weight excluding hydrogens is 176 g/mol. The molecular formula is C11H12N2O. The maximum absolute atomic E-state index is 8.85. The van der Waals surface area contributed by atoms with Gasteiger partial charge in [-0.15, -0.1) is 0 Å². The summed E-state index contributed by atoms with van der Waals surface area (Å²) in [5.74, 6) is 0.808. The van der Waals surface area contributed by atoms with Crippen molar-refractivity contribution in [3.63, 3.8) is 0 Å². The molecule has 0 spiro atoms. The Bertz CT molecular complexity index is 406. The molecule has 0 bridgehead atoms. The summed E-state index contributed by atoms with van der Waals surface area (Å²) in [6.07, 6.45) is 0.846. The first-order valence-corrected chi connectivity index (χ1v) is 4.66. The van der Waals surface area contributed by atoms with Gasteiger partial charge in [0.15, 0.2) is 0 Å². The fourth-order valence-corrected chi connectivity index (χ4v) is 1.76. The highest BCUT2D eigenvalue weighted by molar-refractivity contribution is 5.52. The van der Waals surface area contributed by atoms with Gasteiger partial charge in [-0.2, -0.15) is 5.26 Å². The number of hydrogen-bond donors (Lipinski definition) is 1. The Morgan fingerprint density at radius 1 is 1.57 bits per heavy atom. The minimum atomic E-state index is 0.0465. The first kappa shape index (κ1) is 9.04. The van der Waals surface area contributed by atoms with Gasteiger partial charge >= 0.3 is 0 Å². The molecule has 0 aliphatic carbocycles. The molecule has 0 radical (unpaired) electrons. The zero-order valence-corrected chi connectivity index (χ0v) is 8.08. The maximum Gasteiger partial charge on any atom is 0.128 e. The van der Waals surface area contributed by atoms with Crippen LogP contribution in [0.5, 0.6) is 5.75 Å². The highest BCUT2D eigenvalue weighted by Gasteiger charge is 2.20. The molecule has 0 saturated carbocycles. The first-order chi connectivity index (χ1) is 6.74. The molecule has 3 nitrogen and oxygen atoms in total. The molecule has 1 atom stereocenters. The van der Waals surface area contributed by atoms with Crippen molar-refractivity contribution in [1.29, 1.82) is 5.26 Å². The van der Waals surface area contributed by atoms with Crippen LogP contribution >= 0.6 is 0 Å². The zero-order valence-electron chi connectivity index (χ0n) is 8.08. The summed E-state index contributed by atoms with van der Waals surface area (Å²) in [4.78, 5) is 0. The van der Waals surface area contributed by atoms with Crippen molar-refractivity contribution in [2.24, 2.45) is 5.73 Å². The highest BCUT2D eigenvalue weighted by atomic mass is 16.5. The number of nitrogens with two attached hydrogens (primary N) is 1. The summed E-state index contributed by atoms with van der Waals surface area (Å²) in [5, 5.41) is 8.85. The molecule has 1 aliphatic rings. The minimum Gasteiger partial charge on any atom is -0.493 e. The summed E-state index contributed by atoms with van der Waals surface area (Å²) in [6, 6.07) is 5.89. The number of benzene rings is 1. The average molecular weight is 188 g/mol. The van der Waals surface area contributed by atoms with E-state index in [2.05, 4.69) is 6.07 Å². The molecule has 2 rings (SSSR count). The van der Waals surface area contributed by atoms with Gasteiger partial charge in [0.2, 0.25) is 0 Å². The molecule has 0 fully saturated rings. The zero-order chi connectivity index (χ0) is 10.1. The molecule has 72 valence electrons. The van der Waals surface area contributed by atoms with Crippen molar-refractivity contribution in [3.05, 3.63) is 28.8 Å². The number of nitrogens with zero attached hydrogens (tertiary/aromatic N) is 1. The van der Waals surface area contributed by atoms with E-state index in [9.17, 15) is 0 Å².